The number of anilines is 1. The van der Waals surface area contributed by atoms with Crippen LogP contribution in [0.5, 0.6) is 17.2 Å². The summed E-state index contributed by atoms with van der Waals surface area (Å²) in [5.41, 5.74) is 2.29. The Morgan fingerprint density at radius 1 is 1.16 bits per heavy atom. The van der Waals surface area contributed by atoms with Crippen LogP contribution in [0.3, 0.4) is 0 Å². The molecule has 2 N–H and O–H groups in total. The van der Waals surface area contributed by atoms with Gasteiger partial charge in [0.2, 0.25) is 0 Å². The Hall–Kier alpha value is -3.78. The molecule has 0 aliphatic rings. The summed E-state index contributed by atoms with van der Waals surface area (Å²) in [7, 11) is 3.14. The van der Waals surface area contributed by atoms with Gasteiger partial charge in [-0.05, 0) is 30.3 Å². The molecule has 158 valence electrons. The fourth-order valence-electron chi connectivity index (χ4n) is 2.97. The number of halogens is 1. The van der Waals surface area contributed by atoms with Crippen molar-refractivity contribution < 1.29 is 18.7 Å². The number of methoxy groups -OCH3 is 1. The van der Waals surface area contributed by atoms with Gasteiger partial charge >= 0.3 is 0 Å². The zero-order chi connectivity index (χ0) is 21.8. The molecule has 2 aromatic heterocycles. The third-order valence-electron chi connectivity index (χ3n) is 4.50. The van der Waals surface area contributed by atoms with E-state index in [4.69, 9.17) is 25.5 Å². The predicted octanol–water partition coefficient (Wildman–Crippen LogP) is 4.65. The third-order valence-corrected chi connectivity index (χ3v) is 4.85. The van der Waals surface area contributed by atoms with Crippen molar-refractivity contribution in [2.24, 2.45) is 0 Å². The number of benzene rings is 2. The highest BCUT2D eigenvalue weighted by Gasteiger charge is 2.12. The van der Waals surface area contributed by atoms with Crippen LogP contribution in [0, 0.1) is 0 Å². The quantitative estimate of drug-likeness (QED) is 0.433. The molecule has 0 aliphatic heterocycles. The SMILES string of the molecule is CNC(=O)c1cc(Oc2ccc3nc(NCc4c(Cl)cccc4OC)oc3c2)ccn1. The van der Waals surface area contributed by atoms with Crippen LogP contribution >= 0.6 is 11.6 Å². The van der Waals surface area contributed by atoms with Crippen molar-refractivity contribution >= 4 is 34.6 Å². The summed E-state index contributed by atoms with van der Waals surface area (Å²) in [6, 6.07) is 14.3. The largest absolute Gasteiger partial charge is 0.496 e. The van der Waals surface area contributed by atoms with E-state index in [1.165, 1.54) is 6.20 Å². The first-order valence-corrected chi connectivity index (χ1v) is 9.77. The second-order valence-electron chi connectivity index (χ2n) is 6.48. The van der Waals surface area contributed by atoms with Crippen LogP contribution in [0.4, 0.5) is 6.01 Å². The number of pyridine rings is 1. The van der Waals surface area contributed by atoms with Crippen molar-refractivity contribution in [1.29, 1.82) is 0 Å². The molecule has 4 rings (SSSR count). The van der Waals surface area contributed by atoms with E-state index < -0.39 is 0 Å². The van der Waals surface area contributed by atoms with Gasteiger partial charge in [0.05, 0.1) is 7.11 Å². The number of oxazole rings is 1. The molecule has 0 fully saturated rings. The summed E-state index contributed by atoms with van der Waals surface area (Å²) in [6.07, 6.45) is 1.51. The number of hydrogen-bond acceptors (Lipinski definition) is 7. The van der Waals surface area contributed by atoms with Crippen molar-refractivity contribution in [3.05, 3.63) is 71.0 Å². The molecule has 0 saturated heterocycles. The van der Waals surface area contributed by atoms with Crippen LogP contribution in [0.2, 0.25) is 5.02 Å². The van der Waals surface area contributed by atoms with E-state index in [0.29, 0.717) is 45.9 Å². The smallest absolute Gasteiger partial charge is 0.295 e. The van der Waals surface area contributed by atoms with Crippen LogP contribution in [-0.4, -0.2) is 30.0 Å². The van der Waals surface area contributed by atoms with Gasteiger partial charge in [0.25, 0.3) is 11.9 Å². The van der Waals surface area contributed by atoms with E-state index in [0.717, 1.165) is 5.56 Å². The lowest BCUT2D eigenvalue weighted by Gasteiger charge is -2.10. The summed E-state index contributed by atoms with van der Waals surface area (Å²) in [4.78, 5) is 20.2. The van der Waals surface area contributed by atoms with Gasteiger partial charge in [-0.2, -0.15) is 4.98 Å². The Morgan fingerprint density at radius 3 is 2.81 bits per heavy atom. The molecule has 0 aliphatic carbocycles. The number of rotatable bonds is 7. The van der Waals surface area contributed by atoms with Gasteiger partial charge in [-0.25, -0.2) is 0 Å². The monoisotopic (exact) mass is 438 g/mol. The zero-order valence-electron chi connectivity index (χ0n) is 16.8. The van der Waals surface area contributed by atoms with Crippen LogP contribution < -0.4 is 20.1 Å². The number of carbonyl (C=O) groups is 1. The molecule has 0 unspecified atom stereocenters. The van der Waals surface area contributed by atoms with E-state index in [-0.39, 0.29) is 11.6 Å². The minimum absolute atomic E-state index is 0.266. The summed E-state index contributed by atoms with van der Waals surface area (Å²) in [5, 5.41) is 6.25. The maximum Gasteiger partial charge on any atom is 0.295 e. The number of amides is 1. The highest BCUT2D eigenvalue weighted by Crippen LogP contribution is 2.30. The minimum Gasteiger partial charge on any atom is -0.496 e. The molecular formula is C22H19ClN4O4. The highest BCUT2D eigenvalue weighted by atomic mass is 35.5. The van der Waals surface area contributed by atoms with Gasteiger partial charge in [-0.15, -0.1) is 0 Å². The standard InChI is InChI=1S/C22H19ClN4O4/c1-24-21(28)18-10-14(8-9-25-18)30-13-6-7-17-20(11-13)31-22(27-17)26-12-15-16(23)4-3-5-19(15)29-2/h3-11H,12H2,1-2H3,(H,24,28)(H,26,27). The second kappa shape index (κ2) is 8.93. The lowest BCUT2D eigenvalue weighted by molar-refractivity contribution is 0.0958. The Balaban J connectivity index is 1.51. The number of fused-ring (bicyclic) bond motifs is 1. The molecule has 0 saturated carbocycles. The molecule has 0 bridgehead atoms. The van der Waals surface area contributed by atoms with Gasteiger partial charge < -0.3 is 24.5 Å². The fraction of sp³-hybridized carbons (Fsp3) is 0.136. The van der Waals surface area contributed by atoms with Crippen LogP contribution in [0.1, 0.15) is 16.1 Å². The number of carbonyl (C=O) groups excluding carboxylic acids is 1. The molecule has 8 nitrogen and oxygen atoms in total. The van der Waals surface area contributed by atoms with Gasteiger partial charge in [0, 0.05) is 42.5 Å². The highest BCUT2D eigenvalue weighted by molar-refractivity contribution is 6.31. The van der Waals surface area contributed by atoms with Crippen molar-refractivity contribution in [2.75, 3.05) is 19.5 Å². The van der Waals surface area contributed by atoms with Crippen molar-refractivity contribution in [2.45, 2.75) is 6.54 Å². The molecule has 2 heterocycles. The molecule has 1 amide bonds. The summed E-state index contributed by atoms with van der Waals surface area (Å²) >= 11 is 6.27. The lowest BCUT2D eigenvalue weighted by atomic mass is 10.2. The summed E-state index contributed by atoms with van der Waals surface area (Å²) < 4.78 is 17.0. The number of aromatic nitrogens is 2. The maximum atomic E-state index is 11.7. The Morgan fingerprint density at radius 2 is 2.00 bits per heavy atom. The van der Waals surface area contributed by atoms with Crippen LogP contribution in [-0.2, 0) is 6.54 Å². The minimum atomic E-state index is -0.290. The topological polar surface area (TPSA) is 98.5 Å². The van der Waals surface area contributed by atoms with Gasteiger partial charge in [0.1, 0.15) is 28.5 Å². The van der Waals surface area contributed by atoms with E-state index in [9.17, 15) is 4.79 Å². The van der Waals surface area contributed by atoms with Crippen molar-refractivity contribution in [1.82, 2.24) is 15.3 Å². The summed E-state index contributed by atoms with van der Waals surface area (Å²) in [5.74, 6) is 1.41. The average molecular weight is 439 g/mol. The second-order valence-corrected chi connectivity index (χ2v) is 6.89. The van der Waals surface area contributed by atoms with Crippen LogP contribution in [0.25, 0.3) is 11.1 Å². The number of hydrogen-bond donors (Lipinski definition) is 2. The van der Waals surface area contributed by atoms with Gasteiger partial charge in [-0.1, -0.05) is 17.7 Å². The molecule has 0 atom stereocenters. The van der Waals surface area contributed by atoms with E-state index in [1.54, 1.807) is 50.6 Å². The first-order chi connectivity index (χ1) is 15.1. The van der Waals surface area contributed by atoms with Crippen molar-refractivity contribution in [3.8, 4) is 17.2 Å². The van der Waals surface area contributed by atoms with E-state index in [2.05, 4.69) is 20.6 Å². The summed E-state index contributed by atoms with van der Waals surface area (Å²) in [6.45, 7) is 0.387. The van der Waals surface area contributed by atoms with E-state index >= 15 is 0 Å². The normalized spacial score (nSPS) is 10.7. The number of ether oxygens (including phenoxy) is 2. The molecule has 2 aromatic carbocycles. The molecular weight excluding hydrogens is 420 g/mol. The predicted molar refractivity (Wildman–Crippen MR) is 117 cm³/mol. The zero-order valence-corrected chi connectivity index (χ0v) is 17.6. The molecule has 0 radical (unpaired) electrons. The molecule has 31 heavy (non-hydrogen) atoms. The number of nitrogens with one attached hydrogen (secondary N) is 2. The Labute approximate surface area is 183 Å². The van der Waals surface area contributed by atoms with Gasteiger partial charge in [-0.3, -0.25) is 9.78 Å². The third kappa shape index (κ3) is 4.54. The Bertz CT molecular complexity index is 1240. The van der Waals surface area contributed by atoms with Crippen molar-refractivity contribution in [3.63, 3.8) is 0 Å². The van der Waals surface area contributed by atoms with Crippen LogP contribution in [0.15, 0.2) is 59.1 Å². The number of nitrogens with zero attached hydrogens (tertiary/aromatic N) is 2. The average Bonchev–Trinajstić information content (AvgIpc) is 3.19. The molecule has 0 spiro atoms. The maximum absolute atomic E-state index is 11.7. The van der Waals surface area contributed by atoms with E-state index in [1.807, 2.05) is 12.1 Å². The first kappa shape index (κ1) is 20.5. The van der Waals surface area contributed by atoms with Gasteiger partial charge in [0.15, 0.2) is 5.58 Å². The lowest BCUT2D eigenvalue weighted by Crippen LogP contribution is -2.18. The molecule has 4 aromatic rings. The fourth-order valence-corrected chi connectivity index (χ4v) is 3.21. The molecule has 9 heteroatoms. The first-order valence-electron chi connectivity index (χ1n) is 9.39. The Kier molecular flexibility index (Phi) is 5.90.